The maximum atomic E-state index is 6.00. The summed E-state index contributed by atoms with van der Waals surface area (Å²) in [6, 6.07) is 3.75. The van der Waals surface area contributed by atoms with Crippen molar-refractivity contribution in [1.29, 1.82) is 0 Å². The molecule has 0 aromatic carbocycles. The molecule has 78 valence electrons. The Bertz CT molecular complexity index is 429. The van der Waals surface area contributed by atoms with E-state index in [1.165, 1.54) is 0 Å². The third-order valence-electron chi connectivity index (χ3n) is 2.01. The fourth-order valence-corrected chi connectivity index (χ4v) is 2.43. The molecule has 2 N–H and O–H groups in total. The molecule has 1 atom stereocenters. The number of nitrogens with two attached hydrogens (primary N) is 1. The second-order valence-electron chi connectivity index (χ2n) is 3.15. The Kier molecular flexibility index (Phi) is 3.30. The lowest BCUT2D eigenvalue weighted by Crippen LogP contribution is -2.14. The molecule has 0 amide bonds. The summed E-state index contributed by atoms with van der Waals surface area (Å²) < 4.78 is 0.788. The number of nitrogens with zero attached hydrogens (tertiary/aromatic N) is 2. The van der Waals surface area contributed by atoms with E-state index in [9.17, 15) is 0 Å². The summed E-state index contributed by atoms with van der Waals surface area (Å²) in [7, 11) is 0. The summed E-state index contributed by atoms with van der Waals surface area (Å²) >= 11 is 7.39. The zero-order chi connectivity index (χ0) is 10.7. The molecule has 0 saturated carbocycles. The zero-order valence-electron chi connectivity index (χ0n) is 7.93. The monoisotopic (exact) mass is 239 g/mol. The smallest absolute Gasteiger partial charge is 0.0931 e. The fourth-order valence-electron chi connectivity index (χ4n) is 1.28. The molecule has 0 fully saturated rings. The van der Waals surface area contributed by atoms with E-state index in [4.69, 9.17) is 17.3 Å². The van der Waals surface area contributed by atoms with Gasteiger partial charge in [0.15, 0.2) is 0 Å². The second kappa shape index (κ2) is 4.70. The highest BCUT2D eigenvalue weighted by molar-refractivity contribution is 7.16. The van der Waals surface area contributed by atoms with Crippen LogP contribution in [0.1, 0.15) is 16.6 Å². The van der Waals surface area contributed by atoms with Gasteiger partial charge in [0.05, 0.1) is 16.1 Å². The van der Waals surface area contributed by atoms with Gasteiger partial charge in [-0.1, -0.05) is 11.6 Å². The molecule has 15 heavy (non-hydrogen) atoms. The van der Waals surface area contributed by atoms with Crippen molar-refractivity contribution in [2.24, 2.45) is 5.73 Å². The van der Waals surface area contributed by atoms with Crippen molar-refractivity contribution in [3.05, 3.63) is 45.6 Å². The molecule has 5 heteroatoms. The lowest BCUT2D eigenvalue weighted by molar-refractivity contribution is 0.698. The van der Waals surface area contributed by atoms with Crippen molar-refractivity contribution in [1.82, 2.24) is 9.97 Å². The Morgan fingerprint density at radius 2 is 2.27 bits per heavy atom. The molecule has 0 aliphatic heterocycles. The molecular formula is C10H10ClN3S. The summed E-state index contributed by atoms with van der Waals surface area (Å²) in [6.45, 7) is 0. The van der Waals surface area contributed by atoms with E-state index in [1.54, 1.807) is 29.9 Å². The molecular weight excluding hydrogens is 230 g/mol. The molecule has 0 aliphatic rings. The third-order valence-corrected chi connectivity index (χ3v) is 3.27. The van der Waals surface area contributed by atoms with Crippen molar-refractivity contribution in [2.45, 2.75) is 12.5 Å². The molecule has 0 radical (unpaired) electrons. The predicted molar refractivity (Wildman–Crippen MR) is 62.0 cm³/mol. The number of thiophene rings is 1. The lowest BCUT2D eigenvalue weighted by atomic mass is 10.1. The summed E-state index contributed by atoms with van der Waals surface area (Å²) in [4.78, 5) is 9.32. The van der Waals surface area contributed by atoms with Crippen LogP contribution in [0.3, 0.4) is 0 Å². The van der Waals surface area contributed by atoms with E-state index in [2.05, 4.69) is 9.97 Å². The van der Waals surface area contributed by atoms with Crippen LogP contribution >= 0.6 is 22.9 Å². The average molecular weight is 240 g/mol. The Morgan fingerprint density at radius 1 is 1.40 bits per heavy atom. The number of rotatable bonds is 3. The Labute approximate surface area is 96.9 Å². The molecule has 2 aromatic rings. The van der Waals surface area contributed by atoms with Crippen LogP contribution in [0.4, 0.5) is 0 Å². The van der Waals surface area contributed by atoms with E-state index >= 15 is 0 Å². The van der Waals surface area contributed by atoms with E-state index in [-0.39, 0.29) is 6.04 Å². The topological polar surface area (TPSA) is 51.8 Å². The van der Waals surface area contributed by atoms with Crippen molar-refractivity contribution in [3.8, 4) is 0 Å². The van der Waals surface area contributed by atoms with Crippen LogP contribution in [0.5, 0.6) is 0 Å². The van der Waals surface area contributed by atoms with Gasteiger partial charge in [0.1, 0.15) is 0 Å². The number of hydrogen-bond acceptors (Lipinski definition) is 4. The van der Waals surface area contributed by atoms with Crippen molar-refractivity contribution in [2.75, 3.05) is 0 Å². The van der Waals surface area contributed by atoms with Crippen LogP contribution < -0.4 is 5.73 Å². The summed E-state index contributed by atoms with van der Waals surface area (Å²) in [5.74, 6) is 0. The van der Waals surface area contributed by atoms with Crippen LogP contribution in [0.15, 0.2) is 30.7 Å². The first-order chi connectivity index (χ1) is 7.25. The number of hydrogen-bond donors (Lipinski definition) is 1. The zero-order valence-corrected chi connectivity index (χ0v) is 9.50. The Hall–Kier alpha value is -0.970. The first-order valence-electron chi connectivity index (χ1n) is 4.51. The maximum Gasteiger partial charge on any atom is 0.0931 e. The quantitative estimate of drug-likeness (QED) is 0.895. The first-order valence-corrected chi connectivity index (χ1v) is 5.71. The number of aromatic nitrogens is 2. The molecule has 2 aromatic heterocycles. The SMILES string of the molecule is NC(Cc1ccc(Cl)s1)c1cnccn1. The summed E-state index contributed by atoms with van der Waals surface area (Å²) in [5.41, 5.74) is 6.80. The largest absolute Gasteiger partial charge is 0.322 e. The minimum absolute atomic E-state index is 0.117. The highest BCUT2D eigenvalue weighted by Gasteiger charge is 2.09. The minimum Gasteiger partial charge on any atom is -0.322 e. The van der Waals surface area contributed by atoms with Crippen LogP contribution in [0.2, 0.25) is 4.34 Å². The molecule has 2 rings (SSSR count). The van der Waals surface area contributed by atoms with Gasteiger partial charge in [0.2, 0.25) is 0 Å². The van der Waals surface area contributed by atoms with Gasteiger partial charge in [0, 0.05) is 29.9 Å². The van der Waals surface area contributed by atoms with Crippen LogP contribution in [0.25, 0.3) is 0 Å². The van der Waals surface area contributed by atoms with Gasteiger partial charge >= 0.3 is 0 Å². The molecule has 3 nitrogen and oxygen atoms in total. The molecule has 1 unspecified atom stereocenters. The van der Waals surface area contributed by atoms with E-state index in [0.717, 1.165) is 21.3 Å². The van der Waals surface area contributed by atoms with Crippen LogP contribution in [-0.2, 0) is 6.42 Å². The lowest BCUT2D eigenvalue weighted by Gasteiger charge is -2.08. The van der Waals surface area contributed by atoms with Crippen LogP contribution in [0, 0.1) is 0 Å². The van der Waals surface area contributed by atoms with Gasteiger partial charge in [-0.3, -0.25) is 9.97 Å². The predicted octanol–water partition coefficient (Wildman–Crippen LogP) is 2.43. The maximum absolute atomic E-state index is 6.00. The van der Waals surface area contributed by atoms with Gasteiger partial charge < -0.3 is 5.73 Å². The highest BCUT2D eigenvalue weighted by atomic mass is 35.5. The van der Waals surface area contributed by atoms with E-state index < -0.39 is 0 Å². The van der Waals surface area contributed by atoms with E-state index in [0.29, 0.717) is 0 Å². The van der Waals surface area contributed by atoms with Crippen LogP contribution in [-0.4, -0.2) is 9.97 Å². The first kappa shape index (κ1) is 10.5. The number of halogens is 1. The molecule has 0 saturated heterocycles. The normalized spacial score (nSPS) is 12.7. The van der Waals surface area contributed by atoms with E-state index in [1.807, 2.05) is 12.1 Å². The van der Waals surface area contributed by atoms with Crippen molar-refractivity contribution >= 4 is 22.9 Å². The van der Waals surface area contributed by atoms with Crippen molar-refractivity contribution < 1.29 is 0 Å². The molecule has 0 bridgehead atoms. The molecule has 0 spiro atoms. The highest BCUT2D eigenvalue weighted by Crippen LogP contribution is 2.24. The summed E-state index contributed by atoms with van der Waals surface area (Å²) in [6.07, 6.45) is 5.73. The molecule has 2 heterocycles. The third kappa shape index (κ3) is 2.75. The average Bonchev–Trinajstić information content (AvgIpc) is 2.65. The Balaban J connectivity index is 2.07. The Morgan fingerprint density at radius 3 is 2.87 bits per heavy atom. The fraction of sp³-hybridized carbons (Fsp3) is 0.200. The minimum atomic E-state index is -0.117. The second-order valence-corrected chi connectivity index (χ2v) is 4.95. The standard InChI is InChI=1S/C10H10ClN3S/c11-10-2-1-7(15-10)5-8(12)9-6-13-3-4-14-9/h1-4,6,8H,5,12H2. The summed E-state index contributed by atoms with van der Waals surface area (Å²) in [5, 5.41) is 0. The van der Waals surface area contributed by atoms with Gasteiger partial charge in [-0.2, -0.15) is 0 Å². The van der Waals surface area contributed by atoms with Crippen molar-refractivity contribution in [3.63, 3.8) is 0 Å². The van der Waals surface area contributed by atoms with Gasteiger partial charge in [-0.25, -0.2) is 0 Å². The van der Waals surface area contributed by atoms with Gasteiger partial charge in [-0.15, -0.1) is 11.3 Å². The van der Waals surface area contributed by atoms with Gasteiger partial charge in [-0.05, 0) is 12.1 Å². The van der Waals surface area contributed by atoms with Gasteiger partial charge in [0.25, 0.3) is 0 Å². The molecule has 0 aliphatic carbocycles.